The fraction of sp³-hybridized carbons (Fsp3) is 1.00. The first-order valence-corrected chi connectivity index (χ1v) is 7.70. The average Bonchev–Trinajstić information content (AvgIpc) is 2.27. The smallest absolute Gasteiger partial charge is 0.00717 e. The van der Waals surface area contributed by atoms with Crippen LogP contribution in [0.1, 0.15) is 26.2 Å². The number of nitrogens with zero attached hydrogens (tertiary/aromatic N) is 2. The van der Waals surface area contributed by atoms with Crippen LogP contribution in [0, 0.1) is 11.8 Å². The minimum absolute atomic E-state index is 0.838. The van der Waals surface area contributed by atoms with Crippen LogP contribution in [0.5, 0.6) is 0 Å². The molecule has 1 heterocycles. The Hall–Kier alpha value is 0.400. The summed E-state index contributed by atoms with van der Waals surface area (Å²) in [6, 6.07) is 0. The highest BCUT2D eigenvalue weighted by Crippen LogP contribution is 2.19. The average molecular weight is 291 g/mol. The van der Waals surface area contributed by atoms with Crippen LogP contribution in [0.15, 0.2) is 0 Å². The summed E-state index contributed by atoms with van der Waals surface area (Å²) in [7, 11) is 4.37. The standard InChI is InChI=1S/C13H27BrN2/c1-4-12(9-14)11-16-7-5-13(6-8-16)10-15(2)3/h12-13H,4-11H2,1-3H3. The summed E-state index contributed by atoms with van der Waals surface area (Å²) < 4.78 is 0. The number of piperidine rings is 1. The van der Waals surface area contributed by atoms with Crippen molar-refractivity contribution in [3.8, 4) is 0 Å². The quantitative estimate of drug-likeness (QED) is 0.694. The van der Waals surface area contributed by atoms with Crippen molar-refractivity contribution in [2.45, 2.75) is 26.2 Å². The molecule has 2 nitrogen and oxygen atoms in total. The lowest BCUT2D eigenvalue weighted by Crippen LogP contribution is -2.39. The van der Waals surface area contributed by atoms with Crippen molar-refractivity contribution in [1.29, 1.82) is 0 Å². The molecule has 16 heavy (non-hydrogen) atoms. The predicted octanol–water partition coefficient (Wildman–Crippen LogP) is 2.68. The van der Waals surface area contributed by atoms with Gasteiger partial charge in [-0.1, -0.05) is 29.3 Å². The second-order valence-electron chi connectivity index (χ2n) is 5.43. The van der Waals surface area contributed by atoms with E-state index in [9.17, 15) is 0 Å². The summed E-state index contributed by atoms with van der Waals surface area (Å²) in [5.74, 6) is 1.76. The molecule has 0 aromatic heterocycles. The summed E-state index contributed by atoms with van der Waals surface area (Å²) in [6.07, 6.45) is 4.07. The van der Waals surface area contributed by atoms with Crippen molar-refractivity contribution in [3.63, 3.8) is 0 Å². The van der Waals surface area contributed by atoms with Gasteiger partial charge in [0, 0.05) is 18.4 Å². The van der Waals surface area contributed by atoms with E-state index in [4.69, 9.17) is 0 Å². The Balaban J connectivity index is 2.21. The molecule has 1 saturated heterocycles. The predicted molar refractivity (Wildman–Crippen MR) is 75.3 cm³/mol. The lowest BCUT2D eigenvalue weighted by molar-refractivity contribution is 0.147. The van der Waals surface area contributed by atoms with E-state index in [0.717, 1.165) is 17.2 Å². The largest absolute Gasteiger partial charge is 0.309 e. The van der Waals surface area contributed by atoms with Gasteiger partial charge < -0.3 is 9.80 Å². The number of hydrogen-bond acceptors (Lipinski definition) is 2. The van der Waals surface area contributed by atoms with Gasteiger partial charge in [-0.3, -0.25) is 0 Å². The Morgan fingerprint density at radius 1 is 1.31 bits per heavy atom. The molecule has 96 valence electrons. The summed E-state index contributed by atoms with van der Waals surface area (Å²) in [6.45, 7) is 7.47. The molecule has 1 aliphatic rings. The summed E-state index contributed by atoms with van der Waals surface area (Å²) in [5, 5.41) is 1.15. The van der Waals surface area contributed by atoms with E-state index in [1.807, 2.05) is 0 Å². The maximum atomic E-state index is 3.61. The van der Waals surface area contributed by atoms with E-state index in [0.29, 0.717) is 0 Å². The molecule has 1 aliphatic heterocycles. The van der Waals surface area contributed by atoms with E-state index in [2.05, 4.69) is 46.7 Å². The molecule has 0 saturated carbocycles. The van der Waals surface area contributed by atoms with Crippen molar-refractivity contribution in [1.82, 2.24) is 9.80 Å². The summed E-state index contributed by atoms with van der Waals surface area (Å²) in [4.78, 5) is 4.98. The Morgan fingerprint density at radius 3 is 2.38 bits per heavy atom. The SMILES string of the molecule is CCC(CBr)CN1CCC(CN(C)C)CC1. The minimum atomic E-state index is 0.838. The molecule has 3 heteroatoms. The van der Waals surface area contributed by atoms with Gasteiger partial charge in [-0.05, 0) is 51.9 Å². The molecule has 1 unspecified atom stereocenters. The van der Waals surface area contributed by atoms with E-state index < -0.39 is 0 Å². The molecular formula is C13H27BrN2. The van der Waals surface area contributed by atoms with Gasteiger partial charge in [0.15, 0.2) is 0 Å². The fourth-order valence-corrected chi connectivity index (χ4v) is 3.18. The monoisotopic (exact) mass is 290 g/mol. The van der Waals surface area contributed by atoms with Crippen LogP contribution < -0.4 is 0 Å². The second kappa shape index (κ2) is 7.67. The normalized spacial score (nSPS) is 21.6. The molecule has 0 bridgehead atoms. The molecule has 0 amide bonds. The summed E-state index contributed by atoms with van der Waals surface area (Å²) in [5.41, 5.74) is 0. The number of hydrogen-bond donors (Lipinski definition) is 0. The lowest BCUT2D eigenvalue weighted by atomic mass is 9.95. The van der Waals surface area contributed by atoms with E-state index in [1.54, 1.807) is 0 Å². The lowest BCUT2D eigenvalue weighted by Gasteiger charge is -2.34. The van der Waals surface area contributed by atoms with Gasteiger partial charge in [0.1, 0.15) is 0 Å². The zero-order valence-electron chi connectivity index (χ0n) is 11.1. The molecule has 0 aromatic rings. The number of likely N-dealkylation sites (tertiary alicyclic amines) is 1. The van der Waals surface area contributed by atoms with Crippen molar-refractivity contribution in [3.05, 3.63) is 0 Å². The van der Waals surface area contributed by atoms with Gasteiger partial charge in [-0.15, -0.1) is 0 Å². The molecule has 0 aromatic carbocycles. The second-order valence-corrected chi connectivity index (χ2v) is 6.08. The van der Waals surface area contributed by atoms with Crippen LogP contribution in [0.2, 0.25) is 0 Å². The molecule has 0 N–H and O–H groups in total. The molecule has 1 rings (SSSR count). The molecule has 1 fully saturated rings. The van der Waals surface area contributed by atoms with Crippen molar-refractivity contribution in [2.75, 3.05) is 45.6 Å². The van der Waals surface area contributed by atoms with Crippen LogP contribution >= 0.6 is 15.9 Å². The maximum absolute atomic E-state index is 3.61. The van der Waals surface area contributed by atoms with Crippen molar-refractivity contribution in [2.24, 2.45) is 11.8 Å². The highest BCUT2D eigenvalue weighted by Gasteiger charge is 2.21. The Morgan fingerprint density at radius 2 is 1.94 bits per heavy atom. The minimum Gasteiger partial charge on any atom is -0.309 e. The molecular weight excluding hydrogens is 264 g/mol. The third-order valence-electron chi connectivity index (χ3n) is 3.64. The van der Waals surface area contributed by atoms with Crippen LogP contribution in [0.3, 0.4) is 0 Å². The van der Waals surface area contributed by atoms with E-state index >= 15 is 0 Å². The highest BCUT2D eigenvalue weighted by molar-refractivity contribution is 9.09. The molecule has 0 aliphatic carbocycles. The van der Waals surface area contributed by atoms with Crippen LogP contribution in [0.4, 0.5) is 0 Å². The van der Waals surface area contributed by atoms with Gasteiger partial charge in [0.25, 0.3) is 0 Å². The van der Waals surface area contributed by atoms with Gasteiger partial charge in [-0.25, -0.2) is 0 Å². The number of halogens is 1. The Labute approximate surface area is 109 Å². The van der Waals surface area contributed by atoms with Crippen LogP contribution in [-0.2, 0) is 0 Å². The van der Waals surface area contributed by atoms with Crippen LogP contribution in [0.25, 0.3) is 0 Å². The fourth-order valence-electron chi connectivity index (χ4n) is 2.52. The van der Waals surface area contributed by atoms with E-state index in [-0.39, 0.29) is 0 Å². The molecule has 0 spiro atoms. The topological polar surface area (TPSA) is 6.48 Å². The number of rotatable bonds is 6. The third-order valence-corrected chi connectivity index (χ3v) is 4.56. The van der Waals surface area contributed by atoms with E-state index in [1.165, 1.54) is 45.4 Å². The number of alkyl halides is 1. The molecule has 1 atom stereocenters. The zero-order valence-corrected chi connectivity index (χ0v) is 12.7. The van der Waals surface area contributed by atoms with Crippen molar-refractivity contribution >= 4 is 15.9 Å². The van der Waals surface area contributed by atoms with Gasteiger partial charge in [-0.2, -0.15) is 0 Å². The first-order valence-electron chi connectivity index (χ1n) is 6.58. The van der Waals surface area contributed by atoms with Gasteiger partial charge >= 0.3 is 0 Å². The zero-order chi connectivity index (χ0) is 12.0. The van der Waals surface area contributed by atoms with Gasteiger partial charge in [0.2, 0.25) is 0 Å². The summed E-state index contributed by atoms with van der Waals surface area (Å²) >= 11 is 3.61. The first-order chi connectivity index (χ1) is 7.65. The first kappa shape index (κ1) is 14.5. The van der Waals surface area contributed by atoms with Crippen molar-refractivity contribution < 1.29 is 0 Å². The highest BCUT2D eigenvalue weighted by atomic mass is 79.9. The Kier molecular flexibility index (Phi) is 6.94. The Bertz CT molecular complexity index is 173. The van der Waals surface area contributed by atoms with Crippen LogP contribution in [-0.4, -0.2) is 55.4 Å². The molecule has 0 radical (unpaired) electrons. The third kappa shape index (κ3) is 5.15. The van der Waals surface area contributed by atoms with Gasteiger partial charge in [0.05, 0.1) is 0 Å². The maximum Gasteiger partial charge on any atom is 0.00717 e.